The number of rotatable bonds is 4. The number of carboxylic acid groups (broad SMARTS) is 1. The Balaban J connectivity index is 2.33. The van der Waals surface area contributed by atoms with Crippen molar-refractivity contribution in [1.82, 2.24) is 4.90 Å². The summed E-state index contributed by atoms with van der Waals surface area (Å²) in [6.07, 6.45) is 2.44. The molecule has 114 valence electrons. The summed E-state index contributed by atoms with van der Waals surface area (Å²) >= 11 is 0. The largest absolute Gasteiger partial charge is 0.480 e. The van der Waals surface area contributed by atoms with E-state index < -0.39 is 16.4 Å². The number of carboxylic acids is 1. The van der Waals surface area contributed by atoms with Crippen molar-refractivity contribution in [3.8, 4) is 0 Å². The van der Waals surface area contributed by atoms with Crippen LogP contribution in [-0.2, 0) is 4.79 Å². The van der Waals surface area contributed by atoms with Crippen molar-refractivity contribution >= 4 is 11.7 Å². The van der Waals surface area contributed by atoms with Crippen molar-refractivity contribution in [2.75, 3.05) is 6.54 Å². The highest BCUT2D eigenvalue weighted by Gasteiger charge is 2.43. The van der Waals surface area contributed by atoms with Gasteiger partial charge in [-0.25, -0.2) is 0 Å². The summed E-state index contributed by atoms with van der Waals surface area (Å²) in [4.78, 5) is 24.0. The van der Waals surface area contributed by atoms with Gasteiger partial charge in [-0.2, -0.15) is 0 Å². The van der Waals surface area contributed by atoms with Gasteiger partial charge in [-0.1, -0.05) is 12.1 Å². The fraction of sp³-hybridized carbons (Fsp3) is 0.533. The Bertz CT molecular complexity index is 560. The normalized spacial score (nSPS) is 24.5. The van der Waals surface area contributed by atoms with E-state index >= 15 is 0 Å². The molecule has 1 N–H and O–H groups in total. The van der Waals surface area contributed by atoms with Crippen LogP contribution >= 0.6 is 0 Å². The minimum Gasteiger partial charge on any atom is -0.480 e. The molecular formula is C15H20N2O4. The first kappa shape index (κ1) is 15.4. The van der Waals surface area contributed by atoms with Gasteiger partial charge in [-0.05, 0) is 45.2 Å². The number of hydrogen-bond donors (Lipinski definition) is 1. The summed E-state index contributed by atoms with van der Waals surface area (Å²) in [5.74, 6) is -0.834. The van der Waals surface area contributed by atoms with Crippen molar-refractivity contribution < 1.29 is 14.8 Å². The van der Waals surface area contributed by atoms with Crippen LogP contribution < -0.4 is 0 Å². The van der Waals surface area contributed by atoms with E-state index in [1.165, 1.54) is 12.1 Å². The first-order valence-corrected chi connectivity index (χ1v) is 7.11. The van der Waals surface area contributed by atoms with Crippen LogP contribution in [0.5, 0.6) is 0 Å². The summed E-state index contributed by atoms with van der Waals surface area (Å²) in [7, 11) is 0. The zero-order valence-corrected chi connectivity index (χ0v) is 12.3. The van der Waals surface area contributed by atoms with E-state index in [1.54, 1.807) is 13.0 Å². The smallest absolute Gasteiger partial charge is 0.323 e. The molecule has 0 saturated carbocycles. The molecule has 1 saturated heterocycles. The number of likely N-dealkylation sites (tertiary alicyclic amines) is 1. The van der Waals surface area contributed by atoms with Gasteiger partial charge in [0, 0.05) is 18.2 Å². The minimum absolute atomic E-state index is 0.0355. The molecular weight excluding hydrogens is 272 g/mol. The quantitative estimate of drug-likeness (QED) is 0.681. The number of hydrogen-bond acceptors (Lipinski definition) is 4. The van der Waals surface area contributed by atoms with Gasteiger partial charge in [-0.3, -0.25) is 19.8 Å². The number of nitro benzene ring substituents is 1. The fourth-order valence-corrected chi connectivity index (χ4v) is 3.07. The molecule has 0 radical (unpaired) electrons. The number of piperidine rings is 1. The van der Waals surface area contributed by atoms with Gasteiger partial charge in [0.1, 0.15) is 5.54 Å². The summed E-state index contributed by atoms with van der Waals surface area (Å²) in [6.45, 7) is 4.33. The Labute approximate surface area is 123 Å². The number of benzene rings is 1. The molecule has 1 aromatic rings. The van der Waals surface area contributed by atoms with Gasteiger partial charge in [0.25, 0.3) is 5.69 Å². The predicted octanol–water partition coefficient (Wildman–Crippen LogP) is 2.99. The van der Waals surface area contributed by atoms with E-state index in [2.05, 4.69) is 0 Å². The van der Waals surface area contributed by atoms with E-state index in [1.807, 2.05) is 17.9 Å². The van der Waals surface area contributed by atoms with Crippen molar-refractivity contribution in [1.29, 1.82) is 0 Å². The first-order valence-electron chi connectivity index (χ1n) is 7.11. The van der Waals surface area contributed by atoms with Gasteiger partial charge in [-0.15, -0.1) is 0 Å². The van der Waals surface area contributed by atoms with Crippen molar-refractivity contribution in [2.24, 2.45) is 0 Å². The molecule has 6 heteroatoms. The van der Waals surface area contributed by atoms with E-state index in [0.717, 1.165) is 18.4 Å². The van der Waals surface area contributed by atoms with E-state index in [4.69, 9.17) is 0 Å². The van der Waals surface area contributed by atoms with Crippen molar-refractivity contribution in [3.05, 3.63) is 39.9 Å². The number of non-ortho nitro benzene ring substituents is 1. The maximum atomic E-state index is 11.6. The summed E-state index contributed by atoms with van der Waals surface area (Å²) in [6, 6.07) is 6.26. The molecule has 21 heavy (non-hydrogen) atoms. The highest BCUT2D eigenvalue weighted by molar-refractivity contribution is 5.78. The maximum absolute atomic E-state index is 11.6. The zero-order valence-electron chi connectivity index (χ0n) is 12.3. The number of aliphatic carboxylic acids is 1. The molecule has 1 aromatic carbocycles. The molecule has 1 aliphatic rings. The minimum atomic E-state index is -0.914. The lowest BCUT2D eigenvalue weighted by molar-refractivity contribution is -0.385. The summed E-state index contributed by atoms with van der Waals surface area (Å²) < 4.78 is 0. The molecule has 2 unspecified atom stereocenters. The molecule has 1 aliphatic heterocycles. The molecule has 2 rings (SSSR count). The van der Waals surface area contributed by atoms with Crippen molar-refractivity contribution in [3.63, 3.8) is 0 Å². The van der Waals surface area contributed by atoms with Crippen LogP contribution in [0.3, 0.4) is 0 Å². The average molecular weight is 292 g/mol. The average Bonchev–Trinajstić information content (AvgIpc) is 2.47. The standard InChI is InChI=1S/C15H20N2O4/c1-11(12-6-5-7-13(10-12)17(20)21)16-9-4-3-8-15(16,2)14(18)19/h5-7,10-11H,3-4,8-9H2,1-2H3,(H,18,19). The molecule has 1 fully saturated rings. The lowest BCUT2D eigenvalue weighted by atomic mass is 9.86. The third kappa shape index (κ3) is 2.90. The molecule has 6 nitrogen and oxygen atoms in total. The van der Waals surface area contributed by atoms with Gasteiger partial charge >= 0.3 is 5.97 Å². The topological polar surface area (TPSA) is 83.7 Å². The van der Waals surface area contributed by atoms with Crippen LogP contribution in [0.2, 0.25) is 0 Å². The second kappa shape index (κ2) is 5.81. The predicted molar refractivity (Wildman–Crippen MR) is 78.1 cm³/mol. The first-order chi connectivity index (χ1) is 9.86. The van der Waals surface area contributed by atoms with Gasteiger partial charge in [0.15, 0.2) is 0 Å². The van der Waals surface area contributed by atoms with Crippen LogP contribution in [0, 0.1) is 10.1 Å². The molecule has 1 heterocycles. The Hall–Kier alpha value is -1.95. The summed E-state index contributed by atoms with van der Waals surface area (Å²) in [5, 5.41) is 20.4. The van der Waals surface area contributed by atoms with Crippen LogP contribution in [0.15, 0.2) is 24.3 Å². The van der Waals surface area contributed by atoms with Crippen LogP contribution in [0.1, 0.15) is 44.7 Å². The Morgan fingerprint density at radius 2 is 2.19 bits per heavy atom. The SMILES string of the molecule is CC(c1cccc([N+](=O)[O-])c1)N1CCCCC1(C)C(=O)O. The molecule has 0 bridgehead atoms. The van der Waals surface area contributed by atoms with Crippen molar-refractivity contribution in [2.45, 2.75) is 44.7 Å². The van der Waals surface area contributed by atoms with Crippen LogP contribution in [-0.4, -0.2) is 33.0 Å². The van der Waals surface area contributed by atoms with Crippen LogP contribution in [0.25, 0.3) is 0 Å². The molecule has 0 aromatic heterocycles. The van der Waals surface area contributed by atoms with E-state index in [9.17, 15) is 20.0 Å². The molecule has 2 atom stereocenters. The van der Waals surface area contributed by atoms with Gasteiger partial charge < -0.3 is 5.11 Å². The third-order valence-corrected chi connectivity index (χ3v) is 4.44. The van der Waals surface area contributed by atoms with E-state index in [0.29, 0.717) is 13.0 Å². The van der Waals surface area contributed by atoms with Gasteiger partial charge in [0.2, 0.25) is 0 Å². The zero-order chi connectivity index (χ0) is 15.6. The Kier molecular flexibility index (Phi) is 4.27. The van der Waals surface area contributed by atoms with Crippen LogP contribution in [0.4, 0.5) is 5.69 Å². The number of nitrogens with zero attached hydrogens (tertiary/aromatic N) is 2. The lowest BCUT2D eigenvalue weighted by Gasteiger charge is -2.45. The molecule has 0 spiro atoms. The monoisotopic (exact) mass is 292 g/mol. The fourth-order valence-electron chi connectivity index (χ4n) is 3.07. The lowest BCUT2D eigenvalue weighted by Crippen LogP contribution is -2.55. The molecule has 0 aliphatic carbocycles. The second-order valence-corrected chi connectivity index (χ2v) is 5.76. The highest BCUT2D eigenvalue weighted by Crippen LogP contribution is 2.36. The third-order valence-electron chi connectivity index (χ3n) is 4.44. The summed E-state index contributed by atoms with van der Waals surface area (Å²) in [5.41, 5.74) is -0.102. The Morgan fingerprint density at radius 3 is 2.81 bits per heavy atom. The maximum Gasteiger partial charge on any atom is 0.323 e. The highest BCUT2D eigenvalue weighted by atomic mass is 16.6. The number of carbonyl (C=O) groups is 1. The second-order valence-electron chi connectivity index (χ2n) is 5.76. The Morgan fingerprint density at radius 1 is 1.48 bits per heavy atom. The van der Waals surface area contributed by atoms with E-state index in [-0.39, 0.29) is 11.7 Å². The van der Waals surface area contributed by atoms with Gasteiger partial charge in [0.05, 0.1) is 4.92 Å². The number of nitro groups is 1. The molecule has 0 amide bonds.